The Labute approximate surface area is 96.9 Å². The number of benzene rings is 1. The largest absolute Gasteiger partial charge is 0.305 e. The van der Waals surface area contributed by atoms with Crippen LogP contribution in [0.3, 0.4) is 0 Å². The third kappa shape index (κ3) is 3.39. The van der Waals surface area contributed by atoms with Gasteiger partial charge >= 0.3 is 0 Å². The molecule has 0 heterocycles. The zero-order chi connectivity index (χ0) is 12.0. The Kier molecular flexibility index (Phi) is 4.52. The summed E-state index contributed by atoms with van der Waals surface area (Å²) in [4.78, 5) is 13.6. The van der Waals surface area contributed by atoms with Gasteiger partial charge in [-0.05, 0) is 26.0 Å². The lowest BCUT2D eigenvalue weighted by molar-refractivity contribution is -0.114. The van der Waals surface area contributed by atoms with Crippen LogP contribution in [0, 0.1) is 0 Å². The van der Waals surface area contributed by atoms with Gasteiger partial charge in [0.15, 0.2) is 0 Å². The van der Waals surface area contributed by atoms with Crippen molar-refractivity contribution >= 4 is 11.6 Å². The van der Waals surface area contributed by atoms with E-state index in [0.29, 0.717) is 6.54 Å². The zero-order valence-electron chi connectivity index (χ0n) is 9.81. The normalized spacial score (nSPS) is 9.38. The smallest absolute Gasteiger partial charge is 0.251 e. The minimum absolute atomic E-state index is 0.00824. The first kappa shape index (κ1) is 12.2. The molecular formula is C14H17NO. The minimum atomic E-state index is -0.00824. The van der Waals surface area contributed by atoms with Gasteiger partial charge in [0.1, 0.15) is 0 Å². The standard InChI is InChI=1S/C14H17NO/c1-4-10-15(14(16)11-12(2)3)13-8-6-5-7-9-13/h4-9,11H,1,10H2,2-3H3. The van der Waals surface area contributed by atoms with Crippen molar-refractivity contribution in [2.75, 3.05) is 11.4 Å². The second kappa shape index (κ2) is 5.91. The molecule has 0 aliphatic carbocycles. The molecule has 0 spiro atoms. The maximum absolute atomic E-state index is 11.9. The lowest BCUT2D eigenvalue weighted by Gasteiger charge is -2.19. The molecule has 0 N–H and O–H groups in total. The topological polar surface area (TPSA) is 20.3 Å². The summed E-state index contributed by atoms with van der Waals surface area (Å²) in [6.45, 7) is 8.02. The van der Waals surface area contributed by atoms with Crippen molar-refractivity contribution in [1.29, 1.82) is 0 Å². The molecule has 0 saturated heterocycles. The van der Waals surface area contributed by atoms with Gasteiger partial charge in [-0.15, -0.1) is 6.58 Å². The molecule has 84 valence electrons. The molecule has 1 amide bonds. The van der Waals surface area contributed by atoms with Crippen LogP contribution in [0.1, 0.15) is 13.8 Å². The number of nitrogens with zero attached hydrogens (tertiary/aromatic N) is 1. The van der Waals surface area contributed by atoms with E-state index in [1.54, 1.807) is 17.1 Å². The van der Waals surface area contributed by atoms with E-state index in [2.05, 4.69) is 6.58 Å². The highest BCUT2D eigenvalue weighted by Crippen LogP contribution is 2.14. The molecule has 0 radical (unpaired) electrons. The highest BCUT2D eigenvalue weighted by molar-refractivity contribution is 6.01. The maximum Gasteiger partial charge on any atom is 0.251 e. The van der Waals surface area contributed by atoms with Crippen LogP contribution >= 0.6 is 0 Å². The van der Waals surface area contributed by atoms with E-state index >= 15 is 0 Å². The zero-order valence-corrected chi connectivity index (χ0v) is 9.81. The Morgan fingerprint density at radius 2 is 1.94 bits per heavy atom. The number of amides is 1. The van der Waals surface area contributed by atoms with Crippen LogP contribution in [-0.4, -0.2) is 12.5 Å². The highest BCUT2D eigenvalue weighted by Gasteiger charge is 2.10. The number of carbonyl (C=O) groups excluding carboxylic acids is 1. The van der Waals surface area contributed by atoms with Gasteiger partial charge in [0.25, 0.3) is 5.91 Å². The molecule has 16 heavy (non-hydrogen) atoms. The summed E-state index contributed by atoms with van der Waals surface area (Å²) in [7, 11) is 0. The summed E-state index contributed by atoms with van der Waals surface area (Å²) in [5, 5.41) is 0. The van der Waals surface area contributed by atoms with Crippen molar-refractivity contribution in [3.05, 3.63) is 54.6 Å². The molecule has 2 heteroatoms. The molecule has 0 aromatic heterocycles. The summed E-state index contributed by atoms with van der Waals surface area (Å²) >= 11 is 0. The number of carbonyl (C=O) groups is 1. The Morgan fingerprint density at radius 1 is 1.31 bits per heavy atom. The molecule has 1 aromatic carbocycles. The number of rotatable bonds is 4. The molecule has 2 nitrogen and oxygen atoms in total. The van der Waals surface area contributed by atoms with Crippen LogP contribution in [0.25, 0.3) is 0 Å². The average molecular weight is 215 g/mol. The molecule has 0 aliphatic rings. The van der Waals surface area contributed by atoms with Crippen LogP contribution in [0.4, 0.5) is 5.69 Å². The molecule has 0 saturated carbocycles. The summed E-state index contributed by atoms with van der Waals surface area (Å²) in [5.41, 5.74) is 1.89. The molecule has 1 aromatic rings. The number of allylic oxidation sites excluding steroid dienone is 1. The Bertz CT molecular complexity index is 388. The predicted octanol–water partition coefficient (Wildman–Crippen LogP) is 3.17. The summed E-state index contributed by atoms with van der Waals surface area (Å²) in [5.74, 6) is -0.00824. The Morgan fingerprint density at radius 3 is 2.44 bits per heavy atom. The SMILES string of the molecule is C=CCN(C(=O)C=C(C)C)c1ccccc1. The number of hydrogen-bond donors (Lipinski definition) is 0. The molecular weight excluding hydrogens is 198 g/mol. The van der Waals surface area contributed by atoms with Crippen LogP contribution in [0.5, 0.6) is 0 Å². The Hall–Kier alpha value is -1.83. The van der Waals surface area contributed by atoms with E-state index in [0.717, 1.165) is 11.3 Å². The van der Waals surface area contributed by atoms with E-state index < -0.39 is 0 Å². The second-order valence-corrected chi connectivity index (χ2v) is 3.79. The molecule has 0 fully saturated rings. The van der Waals surface area contributed by atoms with Crippen LogP contribution in [0.2, 0.25) is 0 Å². The van der Waals surface area contributed by atoms with Gasteiger partial charge in [0.2, 0.25) is 0 Å². The molecule has 0 aliphatic heterocycles. The third-order valence-electron chi connectivity index (χ3n) is 2.06. The van der Waals surface area contributed by atoms with E-state index in [1.807, 2.05) is 44.2 Å². The fourth-order valence-corrected chi connectivity index (χ4v) is 1.38. The van der Waals surface area contributed by atoms with Gasteiger partial charge in [-0.3, -0.25) is 4.79 Å². The van der Waals surface area contributed by atoms with E-state index in [-0.39, 0.29) is 5.91 Å². The lowest BCUT2D eigenvalue weighted by atomic mass is 10.2. The molecule has 1 rings (SSSR count). The first-order valence-electron chi connectivity index (χ1n) is 5.27. The average Bonchev–Trinajstić information content (AvgIpc) is 2.26. The van der Waals surface area contributed by atoms with Gasteiger partial charge in [-0.25, -0.2) is 0 Å². The van der Waals surface area contributed by atoms with Gasteiger partial charge < -0.3 is 4.90 Å². The van der Waals surface area contributed by atoms with Crippen LogP contribution in [-0.2, 0) is 4.79 Å². The Balaban J connectivity index is 2.96. The van der Waals surface area contributed by atoms with E-state index in [9.17, 15) is 4.79 Å². The minimum Gasteiger partial charge on any atom is -0.305 e. The second-order valence-electron chi connectivity index (χ2n) is 3.79. The fourth-order valence-electron chi connectivity index (χ4n) is 1.38. The van der Waals surface area contributed by atoms with Crippen molar-refractivity contribution < 1.29 is 4.79 Å². The van der Waals surface area contributed by atoms with Gasteiger partial charge in [-0.1, -0.05) is 29.8 Å². The highest BCUT2D eigenvalue weighted by atomic mass is 16.2. The van der Waals surface area contributed by atoms with Gasteiger partial charge in [-0.2, -0.15) is 0 Å². The first-order chi connectivity index (χ1) is 7.65. The summed E-state index contributed by atoms with van der Waals surface area (Å²) < 4.78 is 0. The van der Waals surface area contributed by atoms with Gasteiger partial charge in [0.05, 0.1) is 0 Å². The number of hydrogen-bond acceptors (Lipinski definition) is 1. The van der Waals surface area contributed by atoms with Crippen molar-refractivity contribution in [2.24, 2.45) is 0 Å². The van der Waals surface area contributed by atoms with Crippen molar-refractivity contribution in [2.45, 2.75) is 13.8 Å². The third-order valence-corrected chi connectivity index (χ3v) is 2.06. The number of para-hydroxylation sites is 1. The molecule has 0 bridgehead atoms. The van der Waals surface area contributed by atoms with E-state index in [1.165, 1.54) is 0 Å². The summed E-state index contributed by atoms with van der Waals surface area (Å²) in [6, 6.07) is 9.60. The summed E-state index contributed by atoms with van der Waals surface area (Å²) in [6.07, 6.45) is 3.36. The fraction of sp³-hybridized carbons (Fsp3) is 0.214. The quantitative estimate of drug-likeness (QED) is 0.558. The van der Waals surface area contributed by atoms with Crippen LogP contribution in [0.15, 0.2) is 54.6 Å². The monoisotopic (exact) mass is 215 g/mol. The molecule has 0 unspecified atom stereocenters. The lowest BCUT2D eigenvalue weighted by Crippen LogP contribution is -2.29. The number of anilines is 1. The predicted molar refractivity (Wildman–Crippen MR) is 68.4 cm³/mol. The maximum atomic E-state index is 11.9. The van der Waals surface area contributed by atoms with E-state index in [4.69, 9.17) is 0 Å². The van der Waals surface area contributed by atoms with Crippen molar-refractivity contribution in [3.63, 3.8) is 0 Å². The van der Waals surface area contributed by atoms with Crippen molar-refractivity contribution in [1.82, 2.24) is 0 Å². The molecule has 0 atom stereocenters. The first-order valence-corrected chi connectivity index (χ1v) is 5.27. The van der Waals surface area contributed by atoms with Crippen LogP contribution < -0.4 is 4.90 Å². The van der Waals surface area contributed by atoms with Crippen molar-refractivity contribution in [3.8, 4) is 0 Å². The van der Waals surface area contributed by atoms with Gasteiger partial charge in [0, 0.05) is 18.3 Å².